The molecule has 0 atom stereocenters. The van der Waals surface area contributed by atoms with Crippen molar-refractivity contribution in [3.05, 3.63) is 34.5 Å². The van der Waals surface area contributed by atoms with E-state index in [1.165, 1.54) is 17.7 Å². The number of nitrogens with one attached hydrogen (secondary N) is 3. The fourth-order valence-corrected chi connectivity index (χ4v) is 2.35. The molecule has 2 rings (SSSR count). The molecule has 0 unspecified atom stereocenters. The number of aromatic nitrogens is 3. The van der Waals surface area contributed by atoms with E-state index in [0.717, 1.165) is 5.82 Å². The van der Waals surface area contributed by atoms with Crippen LogP contribution in [0.2, 0.25) is 0 Å². The van der Waals surface area contributed by atoms with Crippen LogP contribution in [0.1, 0.15) is 28.3 Å². The minimum absolute atomic E-state index is 0.0279. The highest BCUT2D eigenvalue weighted by Gasteiger charge is 2.06. The molecule has 0 bridgehead atoms. The van der Waals surface area contributed by atoms with Crippen molar-refractivity contribution in [1.82, 2.24) is 25.8 Å². The molecule has 2 aromatic rings. The second-order valence-corrected chi connectivity index (χ2v) is 5.32. The molecule has 0 aliphatic rings. The van der Waals surface area contributed by atoms with Crippen LogP contribution < -0.4 is 10.6 Å². The molecule has 0 fully saturated rings. The Morgan fingerprint density at radius 3 is 2.90 bits per heavy atom. The molecule has 112 valence electrons. The molecular formula is C13H17N5O2S. The third-order valence-electron chi connectivity index (χ3n) is 2.76. The number of carbonyl (C=O) groups is 2. The Hall–Kier alpha value is -2.22. The van der Waals surface area contributed by atoms with Gasteiger partial charge in [0.1, 0.15) is 12.2 Å². The van der Waals surface area contributed by atoms with Crippen LogP contribution in [0.3, 0.4) is 0 Å². The molecule has 21 heavy (non-hydrogen) atoms. The summed E-state index contributed by atoms with van der Waals surface area (Å²) in [5.41, 5.74) is 0. The first-order chi connectivity index (χ1) is 10.3. The van der Waals surface area contributed by atoms with E-state index in [9.17, 15) is 9.59 Å². The highest BCUT2D eigenvalue weighted by atomic mass is 32.1. The SMILES string of the molecule is O=C(CCCNC(=O)c1cccs1)NCCc1ncn[nH]1. The smallest absolute Gasteiger partial charge is 0.261 e. The molecule has 7 nitrogen and oxygen atoms in total. The average molecular weight is 307 g/mol. The van der Waals surface area contributed by atoms with E-state index in [4.69, 9.17) is 0 Å². The van der Waals surface area contributed by atoms with Crippen LogP contribution in [0.4, 0.5) is 0 Å². The number of nitrogens with zero attached hydrogens (tertiary/aromatic N) is 2. The van der Waals surface area contributed by atoms with Gasteiger partial charge in [-0.3, -0.25) is 14.7 Å². The number of aromatic amines is 1. The molecule has 0 aromatic carbocycles. The number of rotatable bonds is 8. The maximum absolute atomic E-state index is 11.6. The number of amides is 2. The maximum Gasteiger partial charge on any atom is 0.261 e. The predicted molar refractivity (Wildman–Crippen MR) is 79.0 cm³/mol. The van der Waals surface area contributed by atoms with Gasteiger partial charge in [0, 0.05) is 25.9 Å². The number of hydrogen-bond acceptors (Lipinski definition) is 5. The number of carbonyl (C=O) groups excluding carboxylic acids is 2. The fourth-order valence-electron chi connectivity index (χ4n) is 1.71. The summed E-state index contributed by atoms with van der Waals surface area (Å²) < 4.78 is 0. The van der Waals surface area contributed by atoms with E-state index in [0.29, 0.717) is 37.2 Å². The largest absolute Gasteiger partial charge is 0.356 e. The van der Waals surface area contributed by atoms with Crippen LogP contribution in [0.15, 0.2) is 23.8 Å². The second-order valence-electron chi connectivity index (χ2n) is 4.37. The molecule has 2 amide bonds. The molecule has 0 spiro atoms. The highest BCUT2D eigenvalue weighted by molar-refractivity contribution is 7.12. The van der Waals surface area contributed by atoms with Crippen molar-refractivity contribution < 1.29 is 9.59 Å². The van der Waals surface area contributed by atoms with Gasteiger partial charge >= 0.3 is 0 Å². The lowest BCUT2D eigenvalue weighted by molar-refractivity contribution is -0.121. The van der Waals surface area contributed by atoms with Crippen LogP contribution in [-0.4, -0.2) is 40.1 Å². The van der Waals surface area contributed by atoms with Crippen molar-refractivity contribution in [2.45, 2.75) is 19.3 Å². The maximum atomic E-state index is 11.6. The predicted octanol–water partition coefficient (Wildman–Crippen LogP) is 0.735. The van der Waals surface area contributed by atoms with Crippen LogP contribution in [-0.2, 0) is 11.2 Å². The Morgan fingerprint density at radius 1 is 1.29 bits per heavy atom. The van der Waals surface area contributed by atoms with E-state index >= 15 is 0 Å². The first-order valence-electron chi connectivity index (χ1n) is 6.68. The van der Waals surface area contributed by atoms with Gasteiger partial charge in [-0.1, -0.05) is 6.07 Å². The molecule has 0 saturated carbocycles. The third kappa shape index (κ3) is 5.35. The van der Waals surface area contributed by atoms with Gasteiger partial charge in [0.2, 0.25) is 5.91 Å². The molecular weight excluding hydrogens is 290 g/mol. The van der Waals surface area contributed by atoms with Gasteiger partial charge in [-0.2, -0.15) is 5.10 Å². The van der Waals surface area contributed by atoms with Gasteiger partial charge in [0.25, 0.3) is 5.91 Å². The van der Waals surface area contributed by atoms with Gasteiger partial charge in [-0.25, -0.2) is 4.98 Å². The van der Waals surface area contributed by atoms with Crippen LogP contribution in [0.5, 0.6) is 0 Å². The first kappa shape index (κ1) is 15.2. The monoisotopic (exact) mass is 307 g/mol. The zero-order chi connectivity index (χ0) is 14.9. The van der Waals surface area contributed by atoms with Crippen LogP contribution >= 0.6 is 11.3 Å². The van der Waals surface area contributed by atoms with Crippen LogP contribution in [0.25, 0.3) is 0 Å². The van der Waals surface area contributed by atoms with Crippen molar-refractivity contribution in [1.29, 1.82) is 0 Å². The Morgan fingerprint density at radius 2 is 2.19 bits per heavy atom. The van der Waals surface area contributed by atoms with E-state index < -0.39 is 0 Å². The quantitative estimate of drug-likeness (QED) is 0.626. The van der Waals surface area contributed by atoms with Gasteiger partial charge in [-0.15, -0.1) is 11.3 Å². The highest BCUT2D eigenvalue weighted by Crippen LogP contribution is 2.07. The van der Waals surface area contributed by atoms with Crippen molar-refractivity contribution in [2.75, 3.05) is 13.1 Å². The standard InChI is InChI=1S/C13H17N5O2S/c19-12(14-7-5-11-16-9-17-18-11)4-1-6-15-13(20)10-3-2-8-21-10/h2-3,8-9H,1,4-7H2,(H,14,19)(H,15,20)(H,16,17,18). The number of thiophene rings is 1. The van der Waals surface area contributed by atoms with E-state index in [1.807, 2.05) is 11.4 Å². The van der Waals surface area contributed by atoms with Gasteiger partial charge in [0.05, 0.1) is 4.88 Å². The molecule has 0 saturated heterocycles. The van der Waals surface area contributed by atoms with Crippen molar-refractivity contribution >= 4 is 23.2 Å². The molecule has 0 radical (unpaired) electrons. The molecule has 3 N–H and O–H groups in total. The molecule has 0 aliphatic carbocycles. The van der Waals surface area contributed by atoms with Crippen molar-refractivity contribution in [2.24, 2.45) is 0 Å². The third-order valence-corrected chi connectivity index (χ3v) is 3.63. The Bertz CT molecular complexity index is 553. The summed E-state index contributed by atoms with van der Waals surface area (Å²) in [5.74, 6) is 0.633. The molecule has 2 aromatic heterocycles. The van der Waals surface area contributed by atoms with Gasteiger partial charge in [0.15, 0.2) is 0 Å². The summed E-state index contributed by atoms with van der Waals surface area (Å²) in [7, 11) is 0. The Labute approximate surface area is 126 Å². The summed E-state index contributed by atoms with van der Waals surface area (Å²) in [5, 5.41) is 13.9. The Kier molecular flexibility index (Phi) is 5.89. The van der Waals surface area contributed by atoms with E-state index in [2.05, 4.69) is 25.8 Å². The normalized spacial score (nSPS) is 10.3. The summed E-state index contributed by atoms with van der Waals surface area (Å²) >= 11 is 1.40. The minimum atomic E-state index is -0.0873. The number of H-pyrrole nitrogens is 1. The van der Waals surface area contributed by atoms with E-state index in [-0.39, 0.29) is 11.8 Å². The number of hydrogen-bond donors (Lipinski definition) is 3. The topological polar surface area (TPSA) is 99.8 Å². The summed E-state index contributed by atoms with van der Waals surface area (Å²) in [6.07, 6.45) is 3.07. The zero-order valence-corrected chi connectivity index (χ0v) is 12.3. The fraction of sp³-hybridized carbons (Fsp3) is 0.385. The van der Waals surface area contributed by atoms with Crippen LogP contribution in [0, 0.1) is 0 Å². The van der Waals surface area contributed by atoms with Gasteiger partial charge in [-0.05, 0) is 17.9 Å². The summed E-state index contributed by atoms with van der Waals surface area (Å²) in [4.78, 5) is 27.9. The second kappa shape index (κ2) is 8.15. The summed E-state index contributed by atoms with van der Waals surface area (Å²) in [6.45, 7) is 1.02. The lowest BCUT2D eigenvalue weighted by atomic mass is 10.3. The van der Waals surface area contributed by atoms with E-state index in [1.54, 1.807) is 6.07 Å². The van der Waals surface area contributed by atoms with Crippen molar-refractivity contribution in [3.63, 3.8) is 0 Å². The lowest BCUT2D eigenvalue weighted by Crippen LogP contribution is -2.28. The van der Waals surface area contributed by atoms with Crippen molar-refractivity contribution in [3.8, 4) is 0 Å². The Balaban J connectivity index is 1.52. The first-order valence-corrected chi connectivity index (χ1v) is 7.56. The summed E-state index contributed by atoms with van der Waals surface area (Å²) in [6, 6.07) is 3.61. The molecule has 0 aliphatic heterocycles. The minimum Gasteiger partial charge on any atom is -0.356 e. The molecule has 2 heterocycles. The van der Waals surface area contributed by atoms with Gasteiger partial charge < -0.3 is 10.6 Å². The zero-order valence-electron chi connectivity index (χ0n) is 11.5. The molecule has 8 heteroatoms. The average Bonchev–Trinajstić information content (AvgIpc) is 3.16. The lowest BCUT2D eigenvalue weighted by Gasteiger charge is -2.05.